The summed E-state index contributed by atoms with van der Waals surface area (Å²) < 4.78 is 13.2. The van der Waals surface area contributed by atoms with E-state index in [9.17, 15) is 0 Å². The van der Waals surface area contributed by atoms with E-state index in [2.05, 4.69) is 0 Å². The third-order valence-electron chi connectivity index (χ3n) is 9.94. The van der Waals surface area contributed by atoms with E-state index in [4.69, 9.17) is 102 Å². The molecule has 0 atom stereocenters. The molecule has 0 bridgehead atoms. The number of nitrogens with zero attached hydrogens (tertiary/aromatic N) is 3. The average Bonchev–Trinajstić information content (AvgIpc) is 3.77. The summed E-state index contributed by atoms with van der Waals surface area (Å²) in [6.45, 7) is 0. The molecule has 0 amide bonds. The van der Waals surface area contributed by atoms with Crippen LogP contribution in [0.5, 0.6) is 0 Å². The van der Waals surface area contributed by atoms with Crippen LogP contribution in [-0.2, 0) is 0 Å². The highest BCUT2D eigenvalue weighted by Gasteiger charge is 2.24. The Kier molecular flexibility index (Phi) is 8.00. The van der Waals surface area contributed by atoms with Crippen molar-refractivity contribution in [3.63, 3.8) is 0 Å². The summed E-state index contributed by atoms with van der Waals surface area (Å²) in [4.78, 5) is 14.4. The lowest BCUT2D eigenvalue weighted by atomic mass is 9.60. The normalized spacial score (nSPS) is 11.7. The summed E-state index contributed by atoms with van der Waals surface area (Å²) >= 11 is 0. The van der Waals surface area contributed by atoms with Crippen molar-refractivity contribution in [2.75, 3.05) is 0 Å². The minimum absolute atomic E-state index is 0.00549. The number of hydrogen-bond donors (Lipinski definition) is 0. The van der Waals surface area contributed by atoms with Crippen LogP contribution >= 0.6 is 0 Å². The van der Waals surface area contributed by atoms with E-state index in [-0.39, 0.29) is 83.2 Å². The summed E-state index contributed by atoms with van der Waals surface area (Å²) in [6, 6.07) is 25.6. The van der Waals surface area contributed by atoms with Gasteiger partial charge in [0.2, 0.25) is 0 Å². The average molecular weight is 664 g/mol. The predicted molar refractivity (Wildman–Crippen MR) is 230 cm³/mol. The molecule has 0 aliphatic carbocycles. The van der Waals surface area contributed by atoms with Gasteiger partial charge in [0.15, 0.2) is 17.5 Å². The fourth-order valence-corrected chi connectivity index (χ4v) is 7.07. The molecular formula is C39H13B10N3O2. The number of rotatable bonds is 4. The number of para-hydroxylation sites is 4. The van der Waals surface area contributed by atoms with Gasteiger partial charge in [0.05, 0.1) is 5.56 Å². The molecule has 0 saturated heterocycles. The van der Waals surface area contributed by atoms with Gasteiger partial charge in [-0.3, -0.25) is 0 Å². The molecular weight excluding hydrogens is 651 g/mol. The third kappa shape index (κ3) is 4.97. The first-order chi connectivity index (χ1) is 26.0. The SMILES string of the molecule is [B]c1c([B])c([B])c(-c2nc(-c3c([B])c([B])c([B])c([B])c3[B])nc(-c3cccc4c3oc3c(-c5cccc6c5oc5ccccc56)cccc34)n2)c([B])c1[B]. The van der Waals surface area contributed by atoms with Gasteiger partial charge in [-0.2, -0.15) is 0 Å². The molecule has 3 heterocycles. The van der Waals surface area contributed by atoms with Crippen LogP contribution < -0.4 is 54.6 Å². The second kappa shape index (κ2) is 12.6. The van der Waals surface area contributed by atoms with Crippen molar-refractivity contribution < 1.29 is 8.83 Å². The zero-order valence-electron chi connectivity index (χ0n) is 28.4. The number of benzene rings is 6. The van der Waals surface area contributed by atoms with Crippen molar-refractivity contribution in [1.29, 1.82) is 0 Å². The number of furan rings is 2. The molecule has 9 aromatic rings. The molecule has 15 heteroatoms. The maximum Gasteiger partial charge on any atom is 0.167 e. The Balaban J connectivity index is 1.34. The molecule has 0 fully saturated rings. The maximum absolute atomic E-state index is 6.79. The lowest BCUT2D eigenvalue weighted by Crippen LogP contribution is -2.55. The van der Waals surface area contributed by atoms with Crippen LogP contribution in [0, 0.1) is 0 Å². The van der Waals surface area contributed by atoms with Gasteiger partial charge in [-0.15, -0.1) is 32.8 Å². The first-order valence-electron chi connectivity index (χ1n) is 16.6. The second-order valence-electron chi connectivity index (χ2n) is 12.9. The largest absolute Gasteiger partial charge is 0.455 e. The second-order valence-corrected chi connectivity index (χ2v) is 12.9. The highest BCUT2D eigenvalue weighted by atomic mass is 16.3. The van der Waals surface area contributed by atoms with Gasteiger partial charge in [0.1, 0.15) is 101 Å². The molecule has 0 spiro atoms. The molecule has 0 saturated carbocycles. The topological polar surface area (TPSA) is 65.0 Å². The molecule has 0 N–H and O–H groups in total. The molecule has 6 aromatic carbocycles. The monoisotopic (exact) mass is 665 g/mol. The van der Waals surface area contributed by atoms with Gasteiger partial charge in [0, 0.05) is 43.8 Å². The zero-order chi connectivity index (χ0) is 37.7. The van der Waals surface area contributed by atoms with Crippen LogP contribution in [0.15, 0.2) is 87.7 Å². The molecule has 3 aromatic heterocycles. The lowest BCUT2D eigenvalue weighted by Gasteiger charge is -2.22. The van der Waals surface area contributed by atoms with Crippen molar-refractivity contribution in [3.8, 4) is 45.3 Å². The lowest BCUT2D eigenvalue weighted by molar-refractivity contribution is 0.665. The van der Waals surface area contributed by atoms with Crippen molar-refractivity contribution >= 4 is 177 Å². The Labute approximate surface area is 323 Å². The first-order valence-corrected chi connectivity index (χ1v) is 16.6. The summed E-state index contributed by atoms with van der Waals surface area (Å²) in [5.41, 5.74) is 5.17. The molecule has 0 unspecified atom stereocenters. The van der Waals surface area contributed by atoms with E-state index in [0.29, 0.717) is 16.7 Å². The summed E-state index contributed by atoms with van der Waals surface area (Å²) in [5, 5.41) is 3.66. The van der Waals surface area contributed by atoms with Gasteiger partial charge in [0.25, 0.3) is 0 Å². The standard InChI is InChI=1S/C39H13B10N3O2/c40-24-22(25(41)29(45)32(48)28(24)44)38-50-37(51-39(52-38)23-26(42)30(46)33(49)31(47)27(23)43)20-12-5-11-19-18-10-4-9-17(35(18)54-36(19)20)16-8-3-7-15-14-6-1-2-13-21(14)53-34(15)16/h1-13H. The van der Waals surface area contributed by atoms with E-state index in [1.807, 2.05) is 78.9 Å². The number of hydrogen-bond acceptors (Lipinski definition) is 5. The Morgan fingerprint density at radius 1 is 0.315 bits per heavy atom. The number of fused-ring (bicyclic) bond motifs is 6. The summed E-state index contributed by atoms with van der Waals surface area (Å²) in [6.07, 6.45) is 0. The van der Waals surface area contributed by atoms with Crippen LogP contribution in [-0.4, -0.2) is 93.4 Å². The van der Waals surface area contributed by atoms with E-state index in [0.717, 1.165) is 43.8 Å². The Morgan fingerprint density at radius 2 is 0.667 bits per heavy atom. The van der Waals surface area contributed by atoms with Gasteiger partial charge in [-0.25, -0.2) is 15.0 Å². The smallest absolute Gasteiger partial charge is 0.167 e. The van der Waals surface area contributed by atoms with E-state index >= 15 is 0 Å². The Hall–Kier alpha value is -5.42. The highest BCUT2D eigenvalue weighted by Crippen LogP contribution is 2.42. The minimum atomic E-state index is -0.0125. The fourth-order valence-electron chi connectivity index (χ4n) is 7.07. The third-order valence-corrected chi connectivity index (χ3v) is 9.94. The van der Waals surface area contributed by atoms with Crippen molar-refractivity contribution in [2.24, 2.45) is 0 Å². The van der Waals surface area contributed by atoms with Crippen molar-refractivity contribution in [1.82, 2.24) is 15.0 Å². The fraction of sp³-hybridized carbons (Fsp3) is 0. The van der Waals surface area contributed by atoms with Gasteiger partial charge in [-0.1, -0.05) is 88.6 Å². The molecule has 0 aliphatic heterocycles. The quantitative estimate of drug-likeness (QED) is 0.210. The molecule has 54 heavy (non-hydrogen) atoms. The first kappa shape index (κ1) is 34.4. The van der Waals surface area contributed by atoms with Gasteiger partial charge in [-0.05, 0) is 12.1 Å². The molecule has 5 nitrogen and oxygen atoms in total. The molecule has 20 radical (unpaired) electrons. The molecule has 9 rings (SSSR count). The minimum Gasteiger partial charge on any atom is -0.455 e. The van der Waals surface area contributed by atoms with Crippen LogP contribution in [0.4, 0.5) is 0 Å². The van der Waals surface area contributed by atoms with Crippen molar-refractivity contribution in [2.45, 2.75) is 0 Å². The van der Waals surface area contributed by atoms with E-state index in [1.165, 1.54) is 0 Å². The highest BCUT2D eigenvalue weighted by molar-refractivity contribution is 6.70. The molecule has 226 valence electrons. The number of aromatic nitrogens is 3. The predicted octanol–water partition coefficient (Wildman–Crippen LogP) is -1.72. The zero-order valence-corrected chi connectivity index (χ0v) is 28.4. The summed E-state index contributed by atoms with van der Waals surface area (Å²) in [5.74, 6) is 0.115. The van der Waals surface area contributed by atoms with E-state index < -0.39 is 0 Å². The Morgan fingerprint density at radius 3 is 1.17 bits per heavy atom. The van der Waals surface area contributed by atoms with Crippen LogP contribution in [0.3, 0.4) is 0 Å². The van der Waals surface area contributed by atoms with Crippen LogP contribution in [0.1, 0.15) is 0 Å². The van der Waals surface area contributed by atoms with Crippen LogP contribution in [0.2, 0.25) is 0 Å². The van der Waals surface area contributed by atoms with E-state index in [1.54, 1.807) is 0 Å². The van der Waals surface area contributed by atoms with Gasteiger partial charge < -0.3 is 8.83 Å². The maximum atomic E-state index is 6.79. The molecule has 0 aliphatic rings. The van der Waals surface area contributed by atoms with Crippen LogP contribution in [0.25, 0.3) is 89.2 Å². The van der Waals surface area contributed by atoms with Gasteiger partial charge >= 0.3 is 0 Å². The summed E-state index contributed by atoms with van der Waals surface area (Å²) in [7, 11) is 63.3. The Bertz CT molecular complexity index is 2940. The van der Waals surface area contributed by atoms with Crippen molar-refractivity contribution in [3.05, 3.63) is 78.9 Å².